The largest absolute Gasteiger partial charge is 0.493 e. The number of ether oxygens (including phenoxy) is 3. The van der Waals surface area contributed by atoms with Crippen molar-refractivity contribution in [1.29, 1.82) is 0 Å². The van der Waals surface area contributed by atoms with Gasteiger partial charge in [-0.3, -0.25) is 4.79 Å². The van der Waals surface area contributed by atoms with Gasteiger partial charge >= 0.3 is 11.9 Å². The molecule has 0 saturated heterocycles. The van der Waals surface area contributed by atoms with Gasteiger partial charge in [-0.25, -0.2) is 9.79 Å². The number of carbonyl (C=O) groups excluding carboxylic acids is 2. The Labute approximate surface area is 186 Å². The number of hydrogen-bond acceptors (Lipinski definition) is 6. The van der Waals surface area contributed by atoms with Crippen molar-refractivity contribution in [2.45, 2.75) is 19.8 Å². The maximum atomic E-state index is 12.2. The highest BCUT2D eigenvalue weighted by Crippen LogP contribution is 2.37. The molecule has 29 heavy (non-hydrogen) atoms. The Morgan fingerprint density at radius 2 is 2.00 bits per heavy atom. The predicted molar refractivity (Wildman–Crippen MR) is 118 cm³/mol. The summed E-state index contributed by atoms with van der Waals surface area (Å²) >= 11 is 8.47. The quantitative estimate of drug-likeness (QED) is 0.230. The molecule has 0 fully saturated rings. The third kappa shape index (κ3) is 5.16. The molecule has 0 N–H and O–H groups in total. The van der Waals surface area contributed by atoms with Gasteiger partial charge in [-0.15, -0.1) is 0 Å². The van der Waals surface area contributed by atoms with E-state index in [9.17, 15) is 9.59 Å². The van der Waals surface area contributed by atoms with Crippen LogP contribution in [0.4, 0.5) is 0 Å². The number of methoxy groups -OCH3 is 1. The van der Waals surface area contributed by atoms with Crippen LogP contribution in [0.15, 0.2) is 47.1 Å². The molecule has 8 heteroatoms. The number of nitrogens with zero attached hydrogens (tertiary/aromatic N) is 1. The van der Waals surface area contributed by atoms with Crippen LogP contribution in [0.1, 0.15) is 30.9 Å². The maximum absolute atomic E-state index is 12.2. The minimum Gasteiger partial charge on any atom is -0.493 e. The fourth-order valence-corrected chi connectivity index (χ4v) is 3.19. The summed E-state index contributed by atoms with van der Waals surface area (Å²) in [6.07, 6.45) is 2.47. The molecule has 1 heterocycles. The zero-order valence-corrected chi connectivity index (χ0v) is 18.6. The highest BCUT2D eigenvalue weighted by atomic mass is 127. The van der Waals surface area contributed by atoms with Crippen LogP contribution in [0, 0.1) is 3.57 Å². The Kier molecular flexibility index (Phi) is 6.92. The lowest BCUT2D eigenvalue weighted by molar-refractivity contribution is -0.134. The number of aliphatic imine (C=N–C) groups is 1. The standard InChI is InChI=1S/C21H17ClINO5/c1-3-4-18(25)28-19-15(22)9-12(11-17(19)27-2)10-16-21(26)29-20(24-16)13-5-7-14(23)8-6-13/h5-11H,3-4H2,1-2H3/b16-10-. The molecule has 0 saturated carbocycles. The second-order valence-corrected chi connectivity index (χ2v) is 7.75. The van der Waals surface area contributed by atoms with Gasteiger partial charge in [0.15, 0.2) is 17.2 Å². The molecule has 150 valence electrons. The second-order valence-electron chi connectivity index (χ2n) is 6.10. The maximum Gasteiger partial charge on any atom is 0.363 e. The minimum absolute atomic E-state index is 0.132. The van der Waals surface area contributed by atoms with Crippen LogP contribution in [-0.4, -0.2) is 24.9 Å². The average Bonchev–Trinajstić information content (AvgIpc) is 3.04. The van der Waals surface area contributed by atoms with E-state index in [2.05, 4.69) is 27.6 Å². The number of hydrogen-bond donors (Lipinski definition) is 0. The number of halogens is 2. The van der Waals surface area contributed by atoms with E-state index in [1.807, 2.05) is 31.2 Å². The number of rotatable bonds is 6. The zero-order valence-electron chi connectivity index (χ0n) is 15.7. The van der Waals surface area contributed by atoms with E-state index in [4.69, 9.17) is 25.8 Å². The zero-order chi connectivity index (χ0) is 21.0. The first-order valence-corrected chi connectivity index (χ1v) is 10.2. The lowest BCUT2D eigenvalue weighted by Gasteiger charge is -2.11. The van der Waals surface area contributed by atoms with Gasteiger partial charge in [0, 0.05) is 15.6 Å². The Balaban J connectivity index is 1.91. The summed E-state index contributed by atoms with van der Waals surface area (Å²) in [4.78, 5) is 28.3. The van der Waals surface area contributed by atoms with Gasteiger partial charge < -0.3 is 14.2 Å². The van der Waals surface area contributed by atoms with Crippen LogP contribution in [0.25, 0.3) is 6.08 Å². The normalized spacial score (nSPS) is 14.6. The molecular formula is C21H17ClINO5. The molecule has 1 aliphatic rings. The molecule has 0 radical (unpaired) electrons. The SMILES string of the molecule is CCCC(=O)Oc1c(Cl)cc(/C=C2\N=C(c3ccc(I)cc3)OC2=O)cc1OC. The van der Waals surface area contributed by atoms with Gasteiger partial charge in [-0.05, 0) is 77.0 Å². The molecule has 0 aromatic heterocycles. The Bertz CT molecular complexity index is 1010. The molecule has 1 aliphatic heterocycles. The van der Waals surface area contributed by atoms with Crippen molar-refractivity contribution in [3.63, 3.8) is 0 Å². The van der Waals surface area contributed by atoms with E-state index in [-0.39, 0.29) is 34.5 Å². The molecule has 6 nitrogen and oxygen atoms in total. The number of cyclic esters (lactones) is 1. The summed E-state index contributed by atoms with van der Waals surface area (Å²) < 4.78 is 16.9. The van der Waals surface area contributed by atoms with E-state index in [1.165, 1.54) is 13.2 Å². The first-order chi connectivity index (χ1) is 13.9. The van der Waals surface area contributed by atoms with Crippen molar-refractivity contribution in [2.24, 2.45) is 4.99 Å². The Morgan fingerprint density at radius 1 is 1.28 bits per heavy atom. The van der Waals surface area contributed by atoms with Gasteiger partial charge in [0.25, 0.3) is 0 Å². The van der Waals surface area contributed by atoms with Crippen molar-refractivity contribution in [3.8, 4) is 11.5 Å². The first kappa shape index (κ1) is 21.3. The first-order valence-electron chi connectivity index (χ1n) is 8.78. The van der Waals surface area contributed by atoms with Gasteiger partial charge in [-0.2, -0.15) is 0 Å². The van der Waals surface area contributed by atoms with E-state index in [1.54, 1.807) is 12.1 Å². The van der Waals surface area contributed by atoms with Gasteiger partial charge in [0.2, 0.25) is 5.90 Å². The summed E-state index contributed by atoms with van der Waals surface area (Å²) in [6.45, 7) is 1.88. The van der Waals surface area contributed by atoms with E-state index >= 15 is 0 Å². The van der Waals surface area contributed by atoms with E-state index in [0.717, 1.165) is 3.57 Å². The lowest BCUT2D eigenvalue weighted by Crippen LogP contribution is -2.08. The number of esters is 2. The number of carbonyl (C=O) groups is 2. The highest BCUT2D eigenvalue weighted by molar-refractivity contribution is 14.1. The minimum atomic E-state index is -0.563. The molecule has 0 spiro atoms. The summed E-state index contributed by atoms with van der Waals surface area (Å²) in [6, 6.07) is 10.6. The van der Waals surface area contributed by atoms with Gasteiger partial charge in [0.05, 0.1) is 12.1 Å². The van der Waals surface area contributed by atoms with E-state index < -0.39 is 11.9 Å². The van der Waals surface area contributed by atoms with Gasteiger partial charge in [-0.1, -0.05) is 18.5 Å². The van der Waals surface area contributed by atoms with Crippen LogP contribution < -0.4 is 9.47 Å². The Morgan fingerprint density at radius 3 is 2.66 bits per heavy atom. The summed E-state index contributed by atoms with van der Waals surface area (Å²) in [5, 5.41) is 0.189. The van der Waals surface area contributed by atoms with Crippen LogP contribution in [0.5, 0.6) is 11.5 Å². The van der Waals surface area contributed by atoms with Crippen molar-refractivity contribution >= 4 is 58.1 Å². The third-order valence-corrected chi connectivity index (χ3v) is 4.94. The summed E-state index contributed by atoms with van der Waals surface area (Å²) in [5.74, 6) is -0.299. The molecule has 2 aromatic rings. The lowest BCUT2D eigenvalue weighted by atomic mass is 10.1. The molecule has 2 aromatic carbocycles. The Hall–Kier alpha value is -2.39. The second kappa shape index (κ2) is 9.41. The van der Waals surface area contributed by atoms with Crippen molar-refractivity contribution in [1.82, 2.24) is 0 Å². The smallest absolute Gasteiger partial charge is 0.363 e. The van der Waals surface area contributed by atoms with E-state index in [0.29, 0.717) is 17.5 Å². The summed E-state index contributed by atoms with van der Waals surface area (Å²) in [7, 11) is 1.44. The topological polar surface area (TPSA) is 74.2 Å². The predicted octanol–water partition coefficient (Wildman–Crippen LogP) is 5.00. The van der Waals surface area contributed by atoms with Crippen LogP contribution in [0.2, 0.25) is 5.02 Å². The fraction of sp³-hybridized carbons (Fsp3) is 0.190. The monoisotopic (exact) mass is 525 g/mol. The highest BCUT2D eigenvalue weighted by Gasteiger charge is 2.24. The van der Waals surface area contributed by atoms with Crippen molar-refractivity contribution < 1.29 is 23.8 Å². The summed E-state index contributed by atoms with van der Waals surface area (Å²) in [5.41, 5.74) is 1.39. The molecule has 0 atom stereocenters. The molecule has 0 unspecified atom stereocenters. The fourth-order valence-electron chi connectivity index (χ4n) is 2.57. The molecule has 3 rings (SSSR count). The third-order valence-electron chi connectivity index (χ3n) is 3.94. The molecule has 0 aliphatic carbocycles. The number of benzene rings is 2. The molecule has 0 amide bonds. The van der Waals surface area contributed by atoms with Crippen molar-refractivity contribution in [3.05, 3.63) is 61.8 Å². The molecular weight excluding hydrogens is 509 g/mol. The average molecular weight is 526 g/mol. The van der Waals surface area contributed by atoms with Crippen LogP contribution >= 0.6 is 34.2 Å². The van der Waals surface area contributed by atoms with Gasteiger partial charge in [0.1, 0.15) is 0 Å². The van der Waals surface area contributed by atoms with Crippen LogP contribution in [0.3, 0.4) is 0 Å². The molecule has 0 bridgehead atoms. The van der Waals surface area contributed by atoms with Crippen LogP contribution in [-0.2, 0) is 14.3 Å². The van der Waals surface area contributed by atoms with Crippen molar-refractivity contribution in [2.75, 3.05) is 7.11 Å².